The second kappa shape index (κ2) is 4.59. The van der Waals surface area contributed by atoms with E-state index in [1.807, 2.05) is 42.5 Å². The number of hydrogen-bond donors (Lipinski definition) is 1. The third-order valence-corrected chi connectivity index (χ3v) is 2.90. The monoisotopic (exact) mass is 247 g/mol. The highest BCUT2D eigenvalue weighted by atomic mass is 32.2. The van der Waals surface area contributed by atoms with Crippen LogP contribution in [-0.2, 0) is 10.0 Å². The predicted octanol–water partition coefficient (Wildman–Crippen LogP) is 2.73. The van der Waals surface area contributed by atoms with Crippen molar-refractivity contribution in [2.45, 2.75) is 0 Å². The summed E-state index contributed by atoms with van der Waals surface area (Å²) in [6, 6.07) is 17.0. The second-order valence-electron chi connectivity index (χ2n) is 3.79. The summed E-state index contributed by atoms with van der Waals surface area (Å²) in [7, 11) is -3.26. The smallest absolute Gasteiger partial charge is 0.229 e. The van der Waals surface area contributed by atoms with Crippen LogP contribution in [0.2, 0.25) is 0 Å². The molecule has 0 unspecified atom stereocenters. The van der Waals surface area contributed by atoms with Gasteiger partial charge in [0, 0.05) is 5.56 Å². The molecular weight excluding hydrogens is 234 g/mol. The van der Waals surface area contributed by atoms with Crippen LogP contribution in [0.1, 0.15) is 0 Å². The molecule has 17 heavy (non-hydrogen) atoms. The molecule has 88 valence electrons. The quantitative estimate of drug-likeness (QED) is 0.906. The van der Waals surface area contributed by atoms with Gasteiger partial charge in [-0.3, -0.25) is 4.72 Å². The molecule has 1 N–H and O–H groups in total. The Bertz CT molecular complexity index is 606. The van der Waals surface area contributed by atoms with Gasteiger partial charge in [-0.1, -0.05) is 48.5 Å². The molecule has 0 spiro atoms. The van der Waals surface area contributed by atoms with Crippen LogP contribution in [0.25, 0.3) is 11.1 Å². The van der Waals surface area contributed by atoms with E-state index in [0.29, 0.717) is 5.69 Å². The van der Waals surface area contributed by atoms with E-state index in [4.69, 9.17) is 0 Å². The van der Waals surface area contributed by atoms with Crippen molar-refractivity contribution in [3.8, 4) is 11.1 Å². The number of sulfonamides is 1. The van der Waals surface area contributed by atoms with Crippen molar-refractivity contribution in [2.75, 3.05) is 11.0 Å². The fourth-order valence-electron chi connectivity index (χ4n) is 1.64. The van der Waals surface area contributed by atoms with E-state index >= 15 is 0 Å². The van der Waals surface area contributed by atoms with E-state index in [-0.39, 0.29) is 0 Å². The Kier molecular flexibility index (Phi) is 3.15. The molecule has 0 atom stereocenters. The van der Waals surface area contributed by atoms with Gasteiger partial charge < -0.3 is 0 Å². The van der Waals surface area contributed by atoms with Crippen LogP contribution in [0.15, 0.2) is 54.6 Å². The largest absolute Gasteiger partial charge is 0.283 e. The highest BCUT2D eigenvalue weighted by molar-refractivity contribution is 7.92. The SMILES string of the molecule is CS(=O)(=O)Nc1ccccc1-c1ccccc1. The standard InChI is InChI=1S/C13H13NO2S/c1-17(15,16)14-13-10-6-5-9-12(13)11-7-3-2-4-8-11/h2-10,14H,1H3. The van der Waals surface area contributed by atoms with Crippen LogP contribution in [0.4, 0.5) is 5.69 Å². The molecule has 0 radical (unpaired) electrons. The van der Waals surface area contributed by atoms with Gasteiger partial charge >= 0.3 is 0 Å². The van der Waals surface area contributed by atoms with Gasteiger partial charge in [0.25, 0.3) is 0 Å². The molecule has 3 nitrogen and oxygen atoms in total. The lowest BCUT2D eigenvalue weighted by Gasteiger charge is -2.10. The van der Waals surface area contributed by atoms with Crippen molar-refractivity contribution >= 4 is 15.7 Å². The van der Waals surface area contributed by atoms with Crippen LogP contribution < -0.4 is 4.72 Å². The number of benzene rings is 2. The van der Waals surface area contributed by atoms with E-state index in [9.17, 15) is 8.42 Å². The molecular formula is C13H13NO2S. The molecule has 0 heterocycles. The first-order chi connectivity index (χ1) is 8.06. The zero-order valence-corrected chi connectivity index (χ0v) is 10.2. The molecule has 0 aliphatic heterocycles. The van der Waals surface area contributed by atoms with E-state index < -0.39 is 10.0 Å². The van der Waals surface area contributed by atoms with Crippen LogP contribution in [0.3, 0.4) is 0 Å². The van der Waals surface area contributed by atoms with Crippen LogP contribution in [-0.4, -0.2) is 14.7 Å². The molecule has 0 amide bonds. The molecule has 0 fully saturated rings. The number of nitrogens with one attached hydrogen (secondary N) is 1. The Labute approximate surface area is 101 Å². The minimum absolute atomic E-state index is 0.598. The van der Waals surface area contributed by atoms with Crippen molar-refractivity contribution in [1.82, 2.24) is 0 Å². The third kappa shape index (κ3) is 3.07. The maximum atomic E-state index is 11.3. The fourth-order valence-corrected chi connectivity index (χ4v) is 2.22. The van der Waals surface area contributed by atoms with Gasteiger partial charge in [-0.15, -0.1) is 0 Å². The topological polar surface area (TPSA) is 46.2 Å². The summed E-state index contributed by atoms with van der Waals surface area (Å²) in [6.07, 6.45) is 1.15. The number of anilines is 1. The maximum absolute atomic E-state index is 11.3. The van der Waals surface area contributed by atoms with Gasteiger partial charge in [0.05, 0.1) is 11.9 Å². The van der Waals surface area contributed by atoms with Gasteiger partial charge in [-0.2, -0.15) is 0 Å². The molecule has 2 rings (SSSR count). The summed E-state index contributed by atoms with van der Waals surface area (Å²) < 4.78 is 25.1. The maximum Gasteiger partial charge on any atom is 0.229 e. The molecule has 2 aromatic carbocycles. The van der Waals surface area contributed by atoms with Crippen LogP contribution in [0.5, 0.6) is 0 Å². The van der Waals surface area contributed by atoms with E-state index in [1.54, 1.807) is 12.1 Å². The molecule has 0 saturated carbocycles. The van der Waals surface area contributed by atoms with Gasteiger partial charge in [0.1, 0.15) is 0 Å². The van der Waals surface area contributed by atoms with Crippen molar-refractivity contribution in [2.24, 2.45) is 0 Å². The minimum Gasteiger partial charge on any atom is -0.283 e. The van der Waals surface area contributed by atoms with E-state index in [0.717, 1.165) is 17.4 Å². The van der Waals surface area contributed by atoms with Gasteiger partial charge in [0.15, 0.2) is 0 Å². The number of rotatable bonds is 3. The molecule has 0 saturated heterocycles. The van der Waals surface area contributed by atoms with Crippen molar-refractivity contribution < 1.29 is 8.42 Å². The average Bonchev–Trinajstić information content (AvgIpc) is 2.29. The van der Waals surface area contributed by atoms with Crippen LogP contribution >= 0.6 is 0 Å². The highest BCUT2D eigenvalue weighted by Gasteiger charge is 2.07. The third-order valence-electron chi connectivity index (χ3n) is 2.31. The Morgan fingerprint density at radius 2 is 1.47 bits per heavy atom. The summed E-state index contributed by atoms with van der Waals surface area (Å²) in [5.74, 6) is 0. The van der Waals surface area contributed by atoms with Gasteiger partial charge in [-0.25, -0.2) is 8.42 Å². The van der Waals surface area contributed by atoms with Gasteiger partial charge in [-0.05, 0) is 11.6 Å². The normalized spacial score (nSPS) is 11.1. The lowest BCUT2D eigenvalue weighted by Crippen LogP contribution is -2.10. The first-order valence-corrected chi connectivity index (χ1v) is 7.08. The summed E-state index contributed by atoms with van der Waals surface area (Å²) >= 11 is 0. The molecule has 4 heteroatoms. The Morgan fingerprint density at radius 1 is 0.882 bits per heavy atom. The Morgan fingerprint density at radius 3 is 2.12 bits per heavy atom. The first-order valence-electron chi connectivity index (χ1n) is 5.18. The summed E-state index contributed by atoms with van der Waals surface area (Å²) in [6.45, 7) is 0. The lowest BCUT2D eigenvalue weighted by atomic mass is 10.0. The zero-order valence-electron chi connectivity index (χ0n) is 9.42. The molecule has 0 bridgehead atoms. The first kappa shape index (κ1) is 11.7. The van der Waals surface area contributed by atoms with Crippen molar-refractivity contribution in [3.05, 3.63) is 54.6 Å². The predicted molar refractivity (Wildman–Crippen MR) is 70.3 cm³/mol. The lowest BCUT2D eigenvalue weighted by molar-refractivity contribution is 0.607. The summed E-state index contributed by atoms with van der Waals surface area (Å²) in [5.41, 5.74) is 2.46. The summed E-state index contributed by atoms with van der Waals surface area (Å²) in [5, 5.41) is 0. The average molecular weight is 247 g/mol. The molecule has 0 aliphatic rings. The zero-order chi connectivity index (χ0) is 12.3. The van der Waals surface area contributed by atoms with E-state index in [1.165, 1.54) is 0 Å². The fraction of sp³-hybridized carbons (Fsp3) is 0.0769. The molecule has 0 aromatic heterocycles. The molecule has 0 aliphatic carbocycles. The number of para-hydroxylation sites is 1. The highest BCUT2D eigenvalue weighted by Crippen LogP contribution is 2.27. The van der Waals surface area contributed by atoms with Gasteiger partial charge in [0.2, 0.25) is 10.0 Å². The molecule has 2 aromatic rings. The van der Waals surface area contributed by atoms with Crippen molar-refractivity contribution in [1.29, 1.82) is 0 Å². The minimum atomic E-state index is -3.26. The Balaban J connectivity index is 2.49. The second-order valence-corrected chi connectivity index (χ2v) is 5.53. The van der Waals surface area contributed by atoms with E-state index in [2.05, 4.69) is 4.72 Å². The number of hydrogen-bond acceptors (Lipinski definition) is 2. The summed E-state index contributed by atoms with van der Waals surface area (Å²) in [4.78, 5) is 0. The van der Waals surface area contributed by atoms with Crippen molar-refractivity contribution in [3.63, 3.8) is 0 Å². The van der Waals surface area contributed by atoms with Crippen LogP contribution in [0, 0.1) is 0 Å². The Hall–Kier alpha value is -1.81.